The molecule has 0 unspecified atom stereocenters. The number of oxime groups is 1. The largest absolute Gasteiger partial charge is 0.382 e. The average molecular weight is 319 g/mol. The third-order valence-electron chi connectivity index (χ3n) is 3.25. The van der Waals surface area contributed by atoms with Gasteiger partial charge in [-0.25, -0.2) is 4.39 Å². The molecule has 0 aromatic heterocycles. The molecule has 2 aromatic rings. The second kappa shape index (κ2) is 6.15. The number of nitrogens with one attached hydrogen (secondary N) is 1. The number of halogens is 2. The molecular formula is C16H12ClFN2O2. The molecule has 0 saturated carbocycles. The lowest BCUT2D eigenvalue weighted by Crippen LogP contribution is -2.28. The van der Waals surface area contributed by atoms with E-state index in [0.29, 0.717) is 22.8 Å². The average Bonchev–Trinajstić information content (AvgIpc) is 3.00. The van der Waals surface area contributed by atoms with Gasteiger partial charge in [0.05, 0.1) is 5.71 Å². The number of amides is 1. The second-order valence-electron chi connectivity index (χ2n) is 4.84. The summed E-state index contributed by atoms with van der Waals surface area (Å²) in [5, 5.41) is 7.24. The van der Waals surface area contributed by atoms with Gasteiger partial charge < -0.3 is 10.2 Å². The molecule has 1 N–H and O–H groups in total. The first-order valence-electron chi connectivity index (χ1n) is 6.67. The van der Waals surface area contributed by atoms with Gasteiger partial charge in [-0.1, -0.05) is 28.9 Å². The van der Waals surface area contributed by atoms with Crippen molar-refractivity contribution in [1.29, 1.82) is 0 Å². The fourth-order valence-corrected chi connectivity index (χ4v) is 2.21. The van der Waals surface area contributed by atoms with Gasteiger partial charge in [0.1, 0.15) is 5.82 Å². The number of carbonyl (C=O) groups excluding carboxylic acids is 1. The van der Waals surface area contributed by atoms with Gasteiger partial charge >= 0.3 is 0 Å². The quantitative estimate of drug-likeness (QED) is 0.940. The van der Waals surface area contributed by atoms with Crippen molar-refractivity contribution in [3.8, 4) is 0 Å². The minimum absolute atomic E-state index is 0.289. The topological polar surface area (TPSA) is 50.7 Å². The molecule has 2 aromatic carbocycles. The molecule has 0 radical (unpaired) electrons. The summed E-state index contributed by atoms with van der Waals surface area (Å²) in [5.74, 6) is -0.608. The van der Waals surface area contributed by atoms with Crippen LogP contribution < -0.4 is 5.32 Å². The van der Waals surface area contributed by atoms with Crippen LogP contribution in [0.3, 0.4) is 0 Å². The SMILES string of the molecule is O=C(Nc1ccc(Cl)cc1)[C@@H]1CC(c2ccc(F)cc2)=NO1. The molecule has 0 saturated heterocycles. The summed E-state index contributed by atoms with van der Waals surface area (Å²) in [6.45, 7) is 0. The zero-order valence-electron chi connectivity index (χ0n) is 11.4. The highest BCUT2D eigenvalue weighted by Crippen LogP contribution is 2.19. The van der Waals surface area contributed by atoms with Crippen molar-refractivity contribution in [3.05, 3.63) is 64.9 Å². The minimum atomic E-state index is -0.698. The standard InChI is InChI=1S/C16H12ClFN2O2/c17-11-3-7-13(8-4-11)19-16(21)15-9-14(20-22-15)10-1-5-12(18)6-2-10/h1-8,15H,9H2,(H,19,21)/t15-/m0/s1. The van der Waals surface area contributed by atoms with Gasteiger partial charge in [-0.3, -0.25) is 4.79 Å². The third-order valence-corrected chi connectivity index (χ3v) is 3.50. The molecule has 22 heavy (non-hydrogen) atoms. The van der Waals surface area contributed by atoms with Crippen LogP contribution in [0.15, 0.2) is 53.7 Å². The normalized spacial score (nSPS) is 16.8. The molecule has 0 spiro atoms. The first-order valence-corrected chi connectivity index (χ1v) is 7.05. The van der Waals surface area contributed by atoms with E-state index in [4.69, 9.17) is 16.4 Å². The van der Waals surface area contributed by atoms with E-state index in [9.17, 15) is 9.18 Å². The Kier molecular flexibility index (Phi) is 4.06. The maximum Gasteiger partial charge on any atom is 0.268 e. The molecule has 112 valence electrons. The molecule has 1 aliphatic heterocycles. The summed E-state index contributed by atoms with van der Waals surface area (Å²) < 4.78 is 12.9. The maximum absolute atomic E-state index is 12.9. The van der Waals surface area contributed by atoms with Crippen LogP contribution in [0, 0.1) is 5.82 Å². The molecule has 1 atom stereocenters. The molecule has 1 aliphatic rings. The Morgan fingerprint density at radius 2 is 1.86 bits per heavy atom. The van der Waals surface area contributed by atoms with Crippen molar-refractivity contribution in [3.63, 3.8) is 0 Å². The minimum Gasteiger partial charge on any atom is -0.382 e. The number of hydrogen-bond donors (Lipinski definition) is 1. The van der Waals surface area contributed by atoms with Gasteiger partial charge in [0.2, 0.25) is 6.10 Å². The Morgan fingerprint density at radius 3 is 2.55 bits per heavy atom. The monoisotopic (exact) mass is 318 g/mol. The highest BCUT2D eigenvalue weighted by molar-refractivity contribution is 6.30. The molecule has 3 rings (SSSR count). The van der Waals surface area contributed by atoms with E-state index in [1.165, 1.54) is 12.1 Å². The van der Waals surface area contributed by atoms with Crippen molar-refractivity contribution in [2.24, 2.45) is 5.16 Å². The van der Waals surface area contributed by atoms with E-state index in [-0.39, 0.29) is 11.7 Å². The number of benzene rings is 2. The Balaban J connectivity index is 1.62. The van der Waals surface area contributed by atoms with Crippen LogP contribution in [0.25, 0.3) is 0 Å². The van der Waals surface area contributed by atoms with Crippen LogP contribution in [-0.4, -0.2) is 17.7 Å². The highest BCUT2D eigenvalue weighted by Gasteiger charge is 2.28. The maximum atomic E-state index is 12.9. The van der Waals surface area contributed by atoms with Gasteiger partial charge in [-0.05, 0) is 42.0 Å². The highest BCUT2D eigenvalue weighted by atomic mass is 35.5. The van der Waals surface area contributed by atoms with Gasteiger partial charge in [-0.15, -0.1) is 0 Å². The molecule has 1 heterocycles. The number of carbonyl (C=O) groups is 1. The van der Waals surface area contributed by atoms with Gasteiger partial charge in [0, 0.05) is 17.1 Å². The van der Waals surface area contributed by atoms with Crippen molar-refractivity contribution in [2.45, 2.75) is 12.5 Å². The van der Waals surface area contributed by atoms with Crippen molar-refractivity contribution < 1.29 is 14.0 Å². The van der Waals surface area contributed by atoms with E-state index < -0.39 is 6.10 Å². The van der Waals surface area contributed by atoms with Gasteiger partial charge in [0.25, 0.3) is 5.91 Å². The Morgan fingerprint density at radius 1 is 1.18 bits per heavy atom. The predicted octanol–water partition coefficient (Wildman–Crippen LogP) is 3.61. The Bertz CT molecular complexity index is 714. The molecule has 4 nitrogen and oxygen atoms in total. The number of rotatable bonds is 3. The van der Waals surface area contributed by atoms with Gasteiger partial charge in [-0.2, -0.15) is 0 Å². The molecule has 0 bridgehead atoms. The van der Waals surface area contributed by atoms with Crippen LogP contribution >= 0.6 is 11.6 Å². The van der Waals surface area contributed by atoms with E-state index in [2.05, 4.69) is 10.5 Å². The molecule has 0 fully saturated rings. The second-order valence-corrected chi connectivity index (χ2v) is 5.28. The summed E-state index contributed by atoms with van der Waals surface area (Å²) >= 11 is 5.79. The van der Waals surface area contributed by atoms with E-state index in [1.807, 2.05) is 0 Å². The molecule has 6 heteroatoms. The first kappa shape index (κ1) is 14.5. The summed E-state index contributed by atoms with van der Waals surface area (Å²) in [6.07, 6.45) is -0.360. The van der Waals surface area contributed by atoms with Crippen molar-refractivity contribution in [2.75, 3.05) is 5.32 Å². The molecule has 1 amide bonds. The predicted molar refractivity (Wildman–Crippen MR) is 82.5 cm³/mol. The number of nitrogens with zero attached hydrogens (tertiary/aromatic N) is 1. The Hall–Kier alpha value is -2.40. The van der Waals surface area contributed by atoms with Crippen LogP contribution in [0.2, 0.25) is 5.02 Å². The third kappa shape index (κ3) is 3.26. The van der Waals surface area contributed by atoms with Crippen molar-refractivity contribution >= 4 is 28.9 Å². The summed E-state index contributed by atoms with van der Waals surface area (Å²) in [7, 11) is 0. The zero-order valence-corrected chi connectivity index (χ0v) is 12.2. The van der Waals surface area contributed by atoms with E-state index in [1.54, 1.807) is 36.4 Å². The fraction of sp³-hybridized carbons (Fsp3) is 0.125. The van der Waals surface area contributed by atoms with Crippen LogP contribution in [0.4, 0.5) is 10.1 Å². The molecule has 0 aliphatic carbocycles. The number of hydrogen-bond acceptors (Lipinski definition) is 3. The van der Waals surface area contributed by atoms with E-state index in [0.717, 1.165) is 5.56 Å². The van der Waals surface area contributed by atoms with Crippen LogP contribution in [0.5, 0.6) is 0 Å². The van der Waals surface area contributed by atoms with E-state index >= 15 is 0 Å². The molecular weight excluding hydrogens is 307 g/mol. The lowest BCUT2D eigenvalue weighted by molar-refractivity contribution is -0.125. The summed E-state index contributed by atoms with van der Waals surface area (Å²) in [4.78, 5) is 17.3. The van der Waals surface area contributed by atoms with Crippen LogP contribution in [-0.2, 0) is 9.63 Å². The van der Waals surface area contributed by atoms with Crippen molar-refractivity contribution in [1.82, 2.24) is 0 Å². The zero-order chi connectivity index (χ0) is 15.5. The summed E-state index contributed by atoms with van der Waals surface area (Å²) in [5.41, 5.74) is 1.99. The lowest BCUT2D eigenvalue weighted by atomic mass is 10.0. The lowest BCUT2D eigenvalue weighted by Gasteiger charge is -2.09. The van der Waals surface area contributed by atoms with Crippen LogP contribution in [0.1, 0.15) is 12.0 Å². The number of anilines is 1. The smallest absolute Gasteiger partial charge is 0.268 e. The fourth-order valence-electron chi connectivity index (χ4n) is 2.09. The Labute approximate surface area is 131 Å². The summed E-state index contributed by atoms with van der Waals surface area (Å²) in [6, 6.07) is 12.7. The first-order chi connectivity index (χ1) is 10.6. The van der Waals surface area contributed by atoms with Gasteiger partial charge in [0.15, 0.2) is 0 Å².